The van der Waals surface area contributed by atoms with E-state index in [9.17, 15) is 22.8 Å². The molecule has 10 nitrogen and oxygen atoms in total. The number of nitrogens with zero attached hydrogens (tertiary/aromatic N) is 1. The summed E-state index contributed by atoms with van der Waals surface area (Å²) in [6.07, 6.45) is 4.20. The van der Waals surface area contributed by atoms with Crippen molar-refractivity contribution in [2.45, 2.75) is 58.2 Å². The largest absolute Gasteiger partial charge is 0.352 e. The van der Waals surface area contributed by atoms with Gasteiger partial charge in [-0.1, -0.05) is 35.9 Å². The van der Waals surface area contributed by atoms with Gasteiger partial charge in [-0.3, -0.25) is 18.7 Å². The molecule has 4 rings (SSSR count). The summed E-state index contributed by atoms with van der Waals surface area (Å²) < 4.78 is 25.3. The Hall–Kier alpha value is -3.74. The molecule has 1 aliphatic rings. The first kappa shape index (κ1) is 34.7. The molecular weight excluding hydrogens is 599 g/mol. The van der Waals surface area contributed by atoms with E-state index in [4.69, 9.17) is 0 Å². The molecule has 0 radical (unpaired) electrons. The monoisotopic (exact) mass is 641 g/mol. The van der Waals surface area contributed by atoms with Crippen molar-refractivity contribution in [2.75, 3.05) is 30.7 Å². The smallest absolute Gasteiger partial charge is 0.251 e. The summed E-state index contributed by atoms with van der Waals surface area (Å²) in [5.74, 6) is -0.957. The van der Waals surface area contributed by atoms with Crippen LogP contribution >= 0.6 is 11.3 Å². The molecular formula is C32H43N5O5S2. The van der Waals surface area contributed by atoms with Crippen LogP contribution in [0, 0.1) is 6.92 Å². The second kappa shape index (κ2) is 16.4. The number of sulfonamides is 1. The molecule has 12 heteroatoms. The van der Waals surface area contributed by atoms with Gasteiger partial charge < -0.3 is 21.3 Å². The van der Waals surface area contributed by atoms with Crippen molar-refractivity contribution in [2.24, 2.45) is 0 Å². The van der Waals surface area contributed by atoms with E-state index in [0.29, 0.717) is 6.54 Å². The molecule has 1 unspecified atom stereocenters. The molecule has 1 fully saturated rings. The maximum atomic E-state index is 13.0. The minimum atomic E-state index is -3.62. The predicted octanol–water partition coefficient (Wildman–Crippen LogP) is 4.01. The van der Waals surface area contributed by atoms with E-state index in [1.54, 1.807) is 6.92 Å². The molecule has 2 aromatic carbocycles. The molecule has 1 aromatic heterocycles. The predicted molar refractivity (Wildman–Crippen MR) is 177 cm³/mol. The molecule has 1 aliphatic carbocycles. The van der Waals surface area contributed by atoms with E-state index in [-0.39, 0.29) is 41.3 Å². The van der Waals surface area contributed by atoms with Crippen molar-refractivity contribution in [3.8, 4) is 0 Å². The number of benzene rings is 2. The lowest BCUT2D eigenvalue weighted by molar-refractivity contribution is -0.124. The Morgan fingerprint density at radius 1 is 0.977 bits per heavy atom. The van der Waals surface area contributed by atoms with Crippen molar-refractivity contribution >= 4 is 44.8 Å². The van der Waals surface area contributed by atoms with Crippen LogP contribution in [-0.2, 0) is 14.8 Å². The third kappa shape index (κ3) is 10.8. The van der Waals surface area contributed by atoms with Crippen LogP contribution in [0.1, 0.15) is 71.0 Å². The highest BCUT2D eigenvalue weighted by molar-refractivity contribution is 7.92. The summed E-state index contributed by atoms with van der Waals surface area (Å²) in [7, 11) is -2.26. The number of hydrogen-bond acceptors (Lipinski definition) is 7. The van der Waals surface area contributed by atoms with Crippen molar-refractivity contribution in [3.05, 3.63) is 87.6 Å². The van der Waals surface area contributed by atoms with E-state index in [1.807, 2.05) is 41.9 Å². The summed E-state index contributed by atoms with van der Waals surface area (Å²) in [5.41, 5.74) is 2.78. The first-order valence-corrected chi connectivity index (χ1v) is 17.4. The number of anilines is 1. The van der Waals surface area contributed by atoms with Gasteiger partial charge in [-0.05, 0) is 80.6 Å². The van der Waals surface area contributed by atoms with Crippen LogP contribution in [0.25, 0.3) is 0 Å². The first-order chi connectivity index (χ1) is 20.8. The molecule has 3 aromatic rings. The number of carbonyl (C=O) groups excluding carboxylic acids is 3. The molecule has 1 saturated carbocycles. The van der Waals surface area contributed by atoms with Crippen molar-refractivity contribution in [3.63, 3.8) is 0 Å². The molecule has 44 heavy (non-hydrogen) atoms. The second-order valence-corrected chi connectivity index (χ2v) is 13.8. The van der Waals surface area contributed by atoms with Crippen LogP contribution in [0.15, 0.2) is 65.4 Å². The fraction of sp³-hybridized carbons (Fsp3) is 0.406. The summed E-state index contributed by atoms with van der Waals surface area (Å²) in [6, 6.07) is 16.1. The Balaban J connectivity index is 0.000000662. The standard InChI is InChI=1S/C25H35N5O5S2.C7H8/c1-16(18-8-11-36-15-18)28-25(33)20-12-19(13-22(14-20)30(3)37(4,34)35)24(32)27-10-9-26-17(2)23(31)29-21-6-5-7-21;1-7-5-3-2-4-6-7/h8,11-17,21,26H,5-7,9-10H2,1-4H3,(H,27,32)(H,28,33)(H,29,31);2-6H,1H3/t16?,17-;/m0./s1. The van der Waals surface area contributed by atoms with E-state index in [2.05, 4.69) is 40.3 Å². The second-order valence-electron chi connectivity index (χ2n) is 11.0. The van der Waals surface area contributed by atoms with Crippen LogP contribution in [0.2, 0.25) is 0 Å². The molecule has 4 N–H and O–H groups in total. The highest BCUT2D eigenvalue weighted by Crippen LogP contribution is 2.22. The molecule has 0 saturated heterocycles. The average molecular weight is 642 g/mol. The topological polar surface area (TPSA) is 137 Å². The van der Waals surface area contributed by atoms with Gasteiger partial charge in [0.05, 0.1) is 24.0 Å². The minimum Gasteiger partial charge on any atom is -0.352 e. The summed E-state index contributed by atoms with van der Waals surface area (Å²) in [5, 5.41) is 15.6. The number of thiophene rings is 1. The highest BCUT2D eigenvalue weighted by Gasteiger charge is 2.22. The minimum absolute atomic E-state index is 0.0696. The van der Waals surface area contributed by atoms with Gasteiger partial charge in [-0.25, -0.2) is 8.42 Å². The van der Waals surface area contributed by atoms with Crippen molar-refractivity contribution in [1.82, 2.24) is 21.3 Å². The van der Waals surface area contributed by atoms with Crippen LogP contribution in [0.3, 0.4) is 0 Å². The molecule has 0 aliphatic heterocycles. The number of hydrogen-bond donors (Lipinski definition) is 4. The highest BCUT2D eigenvalue weighted by atomic mass is 32.2. The van der Waals surface area contributed by atoms with Gasteiger partial charge in [0, 0.05) is 37.3 Å². The Labute approximate surface area is 264 Å². The van der Waals surface area contributed by atoms with Gasteiger partial charge in [-0.15, -0.1) is 0 Å². The number of aryl methyl sites for hydroxylation is 1. The van der Waals surface area contributed by atoms with Gasteiger partial charge in [0.25, 0.3) is 11.8 Å². The van der Waals surface area contributed by atoms with Crippen LogP contribution in [0.5, 0.6) is 0 Å². The third-order valence-electron chi connectivity index (χ3n) is 7.34. The Morgan fingerprint density at radius 2 is 1.64 bits per heavy atom. The van der Waals surface area contributed by atoms with Crippen LogP contribution in [0.4, 0.5) is 5.69 Å². The number of carbonyl (C=O) groups is 3. The summed E-state index contributed by atoms with van der Waals surface area (Å²) in [6.45, 7) is 6.30. The van der Waals surface area contributed by atoms with E-state index >= 15 is 0 Å². The lowest BCUT2D eigenvalue weighted by atomic mass is 9.93. The Kier molecular flexibility index (Phi) is 12.9. The van der Waals surface area contributed by atoms with Gasteiger partial charge in [0.15, 0.2) is 0 Å². The molecule has 2 atom stereocenters. The number of rotatable bonds is 12. The van der Waals surface area contributed by atoms with Gasteiger partial charge in [0.2, 0.25) is 15.9 Å². The lowest BCUT2D eigenvalue weighted by Gasteiger charge is -2.28. The van der Waals surface area contributed by atoms with Gasteiger partial charge in [0.1, 0.15) is 0 Å². The summed E-state index contributed by atoms with van der Waals surface area (Å²) >= 11 is 1.52. The van der Waals surface area contributed by atoms with Crippen LogP contribution < -0.4 is 25.6 Å². The molecule has 0 bridgehead atoms. The van der Waals surface area contributed by atoms with E-state index in [0.717, 1.165) is 35.4 Å². The zero-order valence-electron chi connectivity index (χ0n) is 25.9. The maximum absolute atomic E-state index is 13.0. The van der Waals surface area contributed by atoms with Gasteiger partial charge in [-0.2, -0.15) is 11.3 Å². The quantitative estimate of drug-likeness (QED) is 0.221. The van der Waals surface area contributed by atoms with Crippen molar-refractivity contribution < 1.29 is 22.8 Å². The molecule has 1 heterocycles. The van der Waals surface area contributed by atoms with E-state index in [1.165, 1.54) is 42.1 Å². The van der Waals surface area contributed by atoms with E-state index < -0.39 is 27.9 Å². The fourth-order valence-corrected chi connectivity index (χ4v) is 5.45. The first-order valence-electron chi connectivity index (χ1n) is 14.6. The average Bonchev–Trinajstić information content (AvgIpc) is 3.52. The zero-order valence-corrected chi connectivity index (χ0v) is 27.6. The lowest BCUT2D eigenvalue weighted by Crippen LogP contribution is -2.49. The normalized spacial score (nSPS) is 14.2. The van der Waals surface area contributed by atoms with Crippen LogP contribution in [-0.4, -0.2) is 64.6 Å². The fourth-order valence-electron chi connectivity index (χ4n) is 4.20. The zero-order chi connectivity index (χ0) is 32.3. The van der Waals surface area contributed by atoms with Crippen molar-refractivity contribution in [1.29, 1.82) is 0 Å². The molecule has 0 spiro atoms. The number of amides is 3. The SMILES string of the molecule is CC(NC(=O)c1cc(C(=O)NCCN[C@@H](C)C(=O)NC2CCC2)cc(N(C)S(C)(=O)=O)c1)c1ccsc1.Cc1ccccc1. The Bertz CT molecular complexity index is 1490. The maximum Gasteiger partial charge on any atom is 0.251 e. The third-order valence-corrected chi connectivity index (χ3v) is 9.25. The summed E-state index contributed by atoms with van der Waals surface area (Å²) in [4.78, 5) is 38.1. The molecule has 3 amide bonds. The Morgan fingerprint density at radius 3 is 2.16 bits per heavy atom. The number of nitrogens with one attached hydrogen (secondary N) is 4. The van der Waals surface area contributed by atoms with Gasteiger partial charge >= 0.3 is 0 Å². The molecule has 238 valence electrons.